The van der Waals surface area contributed by atoms with Gasteiger partial charge in [-0.3, -0.25) is 4.68 Å². The predicted molar refractivity (Wildman–Crippen MR) is 88.8 cm³/mol. The number of aromatic nitrogens is 3. The van der Waals surface area contributed by atoms with Gasteiger partial charge in [0.2, 0.25) is 0 Å². The van der Waals surface area contributed by atoms with Gasteiger partial charge in [-0.05, 0) is 30.7 Å². The lowest BCUT2D eigenvalue weighted by Gasteiger charge is -2.04. The van der Waals surface area contributed by atoms with Crippen LogP contribution in [0.25, 0.3) is 10.6 Å². The molecule has 25 heavy (non-hydrogen) atoms. The molecule has 0 aliphatic rings. The minimum Gasteiger partial charge on any atom is -0.394 e. The first kappa shape index (κ1) is 17.4. The van der Waals surface area contributed by atoms with E-state index in [2.05, 4.69) is 15.4 Å². The molecule has 2 aromatic heterocycles. The number of thiazole rings is 1. The Bertz CT molecular complexity index is 870. The van der Waals surface area contributed by atoms with Gasteiger partial charge >= 0.3 is 0 Å². The first-order valence-corrected chi connectivity index (χ1v) is 8.29. The Labute approximate surface area is 145 Å². The van der Waals surface area contributed by atoms with Crippen molar-refractivity contribution in [2.45, 2.75) is 20.0 Å². The molecule has 0 spiro atoms. The maximum absolute atomic E-state index is 13.2. The third-order valence-corrected chi connectivity index (χ3v) is 4.62. The number of halogens is 3. The molecule has 1 aromatic carbocycles. The Balaban J connectivity index is 1.74. The number of hydrogen-bond donors (Lipinski definition) is 2. The van der Waals surface area contributed by atoms with Crippen molar-refractivity contribution in [2.75, 3.05) is 11.9 Å². The Morgan fingerprint density at radius 1 is 1.24 bits per heavy atom. The van der Waals surface area contributed by atoms with Gasteiger partial charge in [0.25, 0.3) is 0 Å². The van der Waals surface area contributed by atoms with E-state index in [1.165, 1.54) is 11.3 Å². The van der Waals surface area contributed by atoms with Crippen LogP contribution < -0.4 is 5.32 Å². The summed E-state index contributed by atoms with van der Waals surface area (Å²) in [6.07, 6.45) is 1.77. The predicted octanol–water partition coefficient (Wildman–Crippen LogP) is 3.34. The van der Waals surface area contributed by atoms with Gasteiger partial charge in [-0.25, -0.2) is 18.2 Å². The average molecular weight is 368 g/mol. The first-order valence-electron chi connectivity index (χ1n) is 7.47. The molecule has 0 unspecified atom stereocenters. The van der Waals surface area contributed by atoms with Crippen LogP contribution in [0, 0.1) is 24.4 Å². The lowest BCUT2D eigenvalue weighted by atomic mass is 10.2. The summed E-state index contributed by atoms with van der Waals surface area (Å²) in [5, 5.41) is 16.8. The van der Waals surface area contributed by atoms with E-state index in [1.807, 2.05) is 13.0 Å². The monoisotopic (exact) mass is 368 g/mol. The second kappa shape index (κ2) is 7.24. The van der Waals surface area contributed by atoms with Gasteiger partial charge in [-0.15, -0.1) is 0 Å². The van der Waals surface area contributed by atoms with Gasteiger partial charge in [-0.2, -0.15) is 5.10 Å². The smallest absolute Gasteiger partial charge is 0.194 e. The Hall–Kier alpha value is -2.39. The number of aryl methyl sites for hydroxylation is 1. The molecule has 0 bridgehead atoms. The van der Waals surface area contributed by atoms with E-state index in [-0.39, 0.29) is 18.7 Å². The third-order valence-electron chi connectivity index (χ3n) is 3.49. The fourth-order valence-electron chi connectivity index (χ4n) is 2.31. The normalized spacial score (nSPS) is 11.1. The maximum Gasteiger partial charge on any atom is 0.194 e. The second-order valence-electron chi connectivity index (χ2n) is 5.35. The summed E-state index contributed by atoms with van der Waals surface area (Å²) in [5.74, 6) is -3.92. The van der Waals surface area contributed by atoms with Crippen LogP contribution >= 0.6 is 11.3 Å². The Morgan fingerprint density at radius 2 is 1.96 bits per heavy atom. The average Bonchev–Trinajstić information content (AvgIpc) is 3.17. The second-order valence-corrected chi connectivity index (χ2v) is 6.35. The van der Waals surface area contributed by atoms with Crippen molar-refractivity contribution < 1.29 is 18.3 Å². The fourth-order valence-corrected chi connectivity index (χ4v) is 3.23. The van der Waals surface area contributed by atoms with E-state index in [0.717, 1.165) is 28.4 Å². The van der Waals surface area contributed by atoms with E-state index in [9.17, 15) is 13.2 Å². The van der Waals surface area contributed by atoms with E-state index in [4.69, 9.17) is 5.11 Å². The van der Waals surface area contributed by atoms with Gasteiger partial charge in [0, 0.05) is 12.7 Å². The van der Waals surface area contributed by atoms with Crippen LogP contribution in [0.2, 0.25) is 0 Å². The molecule has 2 heterocycles. The SMILES string of the molecule is Cc1nc(NCc2cc(F)c(F)c(F)c2)sc1-c1ccn(CCO)n1. The Morgan fingerprint density at radius 3 is 2.64 bits per heavy atom. The summed E-state index contributed by atoms with van der Waals surface area (Å²) in [5.41, 5.74) is 1.77. The summed E-state index contributed by atoms with van der Waals surface area (Å²) < 4.78 is 41.1. The van der Waals surface area contributed by atoms with Crippen LogP contribution in [-0.2, 0) is 13.1 Å². The molecule has 2 N–H and O–H groups in total. The molecule has 0 aliphatic carbocycles. The standard InChI is InChI=1S/C16H15F3N4OS/c1-9-15(13-2-3-23(22-13)4-5-24)25-16(21-9)20-8-10-6-11(17)14(19)12(18)7-10/h2-3,6-7,24H,4-5,8H2,1H3,(H,20,21). The fraction of sp³-hybridized carbons (Fsp3) is 0.250. The minimum absolute atomic E-state index is 0.000384. The molecule has 3 aromatic rings. The lowest BCUT2D eigenvalue weighted by molar-refractivity contribution is 0.269. The zero-order valence-electron chi connectivity index (χ0n) is 13.3. The van der Waals surface area contributed by atoms with Crippen LogP contribution in [0.1, 0.15) is 11.3 Å². The van der Waals surface area contributed by atoms with Crippen LogP contribution in [0.4, 0.5) is 18.3 Å². The van der Waals surface area contributed by atoms with E-state index < -0.39 is 17.5 Å². The number of nitrogens with one attached hydrogen (secondary N) is 1. The molecular formula is C16H15F3N4OS. The van der Waals surface area contributed by atoms with Gasteiger partial charge in [0.15, 0.2) is 22.6 Å². The molecule has 3 rings (SSSR count). The molecular weight excluding hydrogens is 353 g/mol. The maximum atomic E-state index is 13.2. The summed E-state index contributed by atoms with van der Waals surface area (Å²) in [4.78, 5) is 5.22. The molecule has 0 radical (unpaired) electrons. The molecule has 5 nitrogen and oxygen atoms in total. The molecule has 0 aliphatic heterocycles. The molecule has 0 amide bonds. The molecule has 0 saturated heterocycles. The minimum atomic E-state index is -1.48. The highest BCUT2D eigenvalue weighted by Gasteiger charge is 2.14. The molecule has 9 heteroatoms. The van der Waals surface area contributed by atoms with Crippen LogP contribution in [0.15, 0.2) is 24.4 Å². The van der Waals surface area contributed by atoms with Gasteiger partial charge in [-0.1, -0.05) is 11.3 Å². The summed E-state index contributed by atoms with van der Waals surface area (Å²) in [6.45, 7) is 2.35. The van der Waals surface area contributed by atoms with Gasteiger partial charge < -0.3 is 10.4 Å². The highest BCUT2D eigenvalue weighted by atomic mass is 32.1. The van der Waals surface area contributed by atoms with Crippen molar-refractivity contribution in [1.29, 1.82) is 0 Å². The molecule has 132 valence electrons. The zero-order valence-corrected chi connectivity index (χ0v) is 14.1. The number of benzene rings is 1. The van der Waals surface area contributed by atoms with Crippen molar-refractivity contribution in [1.82, 2.24) is 14.8 Å². The van der Waals surface area contributed by atoms with E-state index in [1.54, 1.807) is 10.9 Å². The zero-order chi connectivity index (χ0) is 18.0. The van der Waals surface area contributed by atoms with Crippen LogP contribution in [0.3, 0.4) is 0 Å². The van der Waals surface area contributed by atoms with Crippen LogP contribution in [-0.4, -0.2) is 26.5 Å². The number of hydrogen-bond acceptors (Lipinski definition) is 5. The van der Waals surface area contributed by atoms with E-state index in [0.29, 0.717) is 11.7 Å². The van der Waals surface area contributed by atoms with Crippen molar-refractivity contribution in [2.24, 2.45) is 0 Å². The van der Waals surface area contributed by atoms with Crippen LogP contribution in [0.5, 0.6) is 0 Å². The lowest BCUT2D eigenvalue weighted by Crippen LogP contribution is -2.02. The molecule has 0 atom stereocenters. The summed E-state index contributed by atoms with van der Waals surface area (Å²) >= 11 is 1.35. The molecule has 0 fully saturated rings. The highest BCUT2D eigenvalue weighted by molar-refractivity contribution is 7.19. The van der Waals surface area contributed by atoms with Gasteiger partial charge in [0.1, 0.15) is 5.69 Å². The summed E-state index contributed by atoms with van der Waals surface area (Å²) in [6, 6.07) is 3.72. The van der Waals surface area contributed by atoms with Crippen molar-refractivity contribution >= 4 is 16.5 Å². The van der Waals surface area contributed by atoms with Gasteiger partial charge in [0.05, 0.1) is 23.7 Å². The number of aliphatic hydroxyl groups excluding tert-OH is 1. The van der Waals surface area contributed by atoms with E-state index >= 15 is 0 Å². The topological polar surface area (TPSA) is 63.0 Å². The van der Waals surface area contributed by atoms with Crippen molar-refractivity contribution in [3.63, 3.8) is 0 Å². The largest absolute Gasteiger partial charge is 0.394 e. The summed E-state index contributed by atoms with van der Waals surface area (Å²) in [7, 11) is 0. The third kappa shape index (κ3) is 3.83. The number of nitrogens with zero attached hydrogens (tertiary/aromatic N) is 3. The molecule has 0 saturated carbocycles. The number of rotatable bonds is 6. The Kier molecular flexibility index (Phi) is 5.05. The highest BCUT2D eigenvalue weighted by Crippen LogP contribution is 2.31. The van der Waals surface area contributed by atoms with Crippen molar-refractivity contribution in [3.8, 4) is 10.6 Å². The quantitative estimate of drug-likeness (QED) is 0.655. The first-order chi connectivity index (χ1) is 12.0. The number of anilines is 1. The van der Waals surface area contributed by atoms with Crippen molar-refractivity contribution in [3.05, 3.63) is 53.1 Å². The number of aliphatic hydroxyl groups is 1.